The van der Waals surface area contributed by atoms with Crippen LogP contribution in [-0.4, -0.2) is 28.4 Å². The number of aromatic nitrogens is 2. The lowest BCUT2D eigenvalue weighted by Gasteiger charge is -2.19. The minimum atomic E-state index is -0.340. The number of nitrogens with zero attached hydrogens (tertiary/aromatic N) is 2. The van der Waals surface area contributed by atoms with Gasteiger partial charge in [0.25, 0.3) is 5.56 Å². The summed E-state index contributed by atoms with van der Waals surface area (Å²) in [6.45, 7) is 2.19. The maximum atomic E-state index is 13.5. The van der Waals surface area contributed by atoms with Crippen molar-refractivity contribution < 1.29 is 9.53 Å². The number of rotatable bonds is 4. The van der Waals surface area contributed by atoms with Gasteiger partial charge in [0.15, 0.2) is 5.16 Å². The first-order chi connectivity index (χ1) is 13.1. The van der Waals surface area contributed by atoms with Crippen molar-refractivity contribution in [2.75, 3.05) is 12.9 Å². The number of para-hydroxylation sites is 1. The highest BCUT2D eigenvalue weighted by atomic mass is 32.2. The molecule has 140 valence electrons. The van der Waals surface area contributed by atoms with Gasteiger partial charge < -0.3 is 4.74 Å². The number of hydrogen-bond acceptors (Lipinski definition) is 6. The molecule has 0 aliphatic heterocycles. The molecule has 0 amide bonds. The normalized spacial score (nSPS) is 16.3. The molecule has 27 heavy (non-hydrogen) atoms. The van der Waals surface area contributed by atoms with Crippen molar-refractivity contribution in [1.29, 1.82) is 0 Å². The molecule has 0 bridgehead atoms. The topological polar surface area (TPSA) is 61.2 Å². The predicted molar refractivity (Wildman–Crippen MR) is 109 cm³/mol. The van der Waals surface area contributed by atoms with Gasteiger partial charge in [0.05, 0.1) is 23.9 Å². The Hall–Kier alpha value is -2.12. The molecule has 2 aromatic heterocycles. The van der Waals surface area contributed by atoms with Crippen LogP contribution >= 0.6 is 23.1 Å². The summed E-state index contributed by atoms with van der Waals surface area (Å²) in [7, 11) is 1.36. The third-order valence-corrected chi connectivity index (χ3v) is 6.98. The van der Waals surface area contributed by atoms with E-state index in [1.54, 1.807) is 15.9 Å². The van der Waals surface area contributed by atoms with Crippen molar-refractivity contribution in [1.82, 2.24) is 9.55 Å². The van der Waals surface area contributed by atoms with Crippen LogP contribution < -0.4 is 5.56 Å². The van der Waals surface area contributed by atoms with Crippen molar-refractivity contribution in [3.8, 4) is 5.69 Å². The van der Waals surface area contributed by atoms with E-state index in [0.29, 0.717) is 11.1 Å². The zero-order valence-corrected chi connectivity index (χ0v) is 16.9. The van der Waals surface area contributed by atoms with Gasteiger partial charge >= 0.3 is 5.97 Å². The first-order valence-corrected chi connectivity index (χ1v) is 10.7. The van der Waals surface area contributed by atoms with Crippen LogP contribution in [0.1, 0.15) is 36.1 Å². The highest BCUT2D eigenvalue weighted by molar-refractivity contribution is 7.99. The van der Waals surface area contributed by atoms with E-state index in [9.17, 15) is 9.59 Å². The molecule has 2 heterocycles. The molecule has 0 saturated carbocycles. The minimum absolute atomic E-state index is 0.0511. The molecule has 4 rings (SSSR count). The van der Waals surface area contributed by atoms with Gasteiger partial charge in [-0.15, -0.1) is 11.3 Å². The van der Waals surface area contributed by atoms with E-state index >= 15 is 0 Å². The average molecular weight is 401 g/mol. The second-order valence-electron chi connectivity index (χ2n) is 6.65. The lowest BCUT2D eigenvalue weighted by atomic mass is 9.88. The maximum absolute atomic E-state index is 13.5. The molecule has 7 heteroatoms. The SMILES string of the molecule is COC(=O)CSc1nc2sc3c(c2c(=O)n1-c1ccccc1)C(C)CCC3. The standard InChI is InChI=1S/C20H20N2O3S2/c1-12-7-6-10-14-16(12)17-18(27-14)21-20(26-11-15(23)25-2)22(19(17)24)13-8-4-3-5-9-13/h3-5,8-9,12H,6-7,10-11H2,1-2H3. The molecule has 0 spiro atoms. The summed E-state index contributed by atoms with van der Waals surface area (Å²) in [5.74, 6) is 0.144. The van der Waals surface area contributed by atoms with E-state index in [0.717, 1.165) is 35.2 Å². The fraction of sp³-hybridized carbons (Fsp3) is 0.350. The third-order valence-electron chi connectivity index (χ3n) is 4.90. The van der Waals surface area contributed by atoms with Crippen molar-refractivity contribution in [2.24, 2.45) is 0 Å². The van der Waals surface area contributed by atoms with Crippen molar-refractivity contribution in [2.45, 2.75) is 37.3 Å². The largest absolute Gasteiger partial charge is 0.468 e. The number of ether oxygens (including phenoxy) is 1. The summed E-state index contributed by atoms with van der Waals surface area (Å²) in [5.41, 5.74) is 1.88. The quantitative estimate of drug-likeness (QED) is 0.374. The summed E-state index contributed by atoms with van der Waals surface area (Å²) >= 11 is 2.86. The van der Waals surface area contributed by atoms with E-state index in [1.807, 2.05) is 30.3 Å². The molecule has 0 radical (unpaired) electrons. The molecule has 1 unspecified atom stereocenters. The monoisotopic (exact) mass is 400 g/mol. The van der Waals surface area contributed by atoms with Gasteiger partial charge in [-0.3, -0.25) is 14.2 Å². The van der Waals surface area contributed by atoms with E-state index in [-0.39, 0.29) is 17.3 Å². The number of aryl methyl sites for hydroxylation is 1. The number of fused-ring (bicyclic) bond motifs is 3. The van der Waals surface area contributed by atoms with Crippen molar-refractivity contribution in [3.05, 3.63) is 51.1 Å². The number of thiophene rings is 1. The van der Waals surface area contributed by atoms with Crippen LogP contribution in [0.4, 0.5) is 0 Å². The second kappa shape index (κ2) is 7.48. The van der Waals surface area contributed by atoms with Gasteiger partial charge in [0.1, 0.15) is 4.83 Å². The number of hydrogen-bond donors (Lipinski definition) is 0. The van der Waals surface area contributed by atoms with Gasteiger partial charge in [-0.2, -0.15) is 0 Å². The second-order valence-corrected chi connectivity index (χ2v) is 8.67. The van der Waals surface area contributed by atoms with Crippen LogP contribution in [0.5, 0.6) is 0 Å². The van der Waals surface area contributed by atoms with Gasteiger partial charge in [0, 0.05) is 4.88 Å². The van der Waals surface area contributed by atoms with Crippen LogP contribution in [0.25, 0.3) is 15.9 Å². The van der Waals surface area contributed by atoms with E-state index < -0.39 is 0 Å². The van der Waals surface area contributed by atoms with Gasteiger partial charge in [-0.25, -0.2) is 4.98 Å². The van der Waals surface area contributed by atoms with Crippen molar-refractivity contribution in [3.63, 3.8) is 0 Å². The summed E-state index contributed by atoms with van der Waals surface area (Å²) in [6, 6.07) is 9.48. The minimum Gasteiger partial charge on any atom is -0.468 e. The van der Waals surface area contributed by atoms with Crippen LogP contribution in [0.3, 0.4) is 0 Å². The molecule has 0 fully saturated rings. The van der Waals surface area contributed by atoms with Gasteiger partial charge in [-0.1, -0.05) is 36.9 Å². The number of carbonyl (C=O) groups is 1. The lowest BCUT2D eigenvalue weighted by molar-refractivity contribution is -0.137. The molecular weight excluding hydrogens is 380 g/mol. The zero-order valence-electron chi connectivity index (χ0n) is 15.2. The number of thioether (sulfide) groups is 1. The maximum Gasteiger partial charge on any atom is 0.316 e. The number of benzene rings is 1. The van der Waals surface area contributed by atoms with Crippen LogP contribution in [0.2, 0.25) is 0 Å². The Labute approximate surface area is 165 Å². The van der Waals surface area contributed by atoms with Crippen LogP contribution in [0.15, 0.2) is 40.3 Å². The first kappa shape index (κ1) is 18.3. The van der Waals surface area contributed by atoms with E-state index in [2.05, 4.69) is 6.92 Å². The number of esters is 1. The van der Waals surface area contributed by atoms with Crippen LogP contribution in [-0.2, 0) is 16.0 Å². The Morgan fingerprint density at radius 3 is 2.89 bits per heavy atom. The highest BCUT2D eigenvalue weighted by Crippen LogP contribution is 2.40. The molecule has 0 N–H and O–H groups in total. The third kappa shape index (κ3) is 3.30. The summed E-state index contributed by atoms with van der Waals surface area (Å²) in [5, 5.41) is 1.27. The molecule has 0 saturated heterocycles. The highest BCUT2D eigenvalue weighted by Gasteiger charge is 2.26. The Morgan fingerprint density at radius 1 is 1.37 bits per heavy atom. The van der Waals surface area contributed by atoms with Gasteiger partial charge in [0.2, 0.25) is 0 Å². The Kier molecular flexibility index (Phi) is 5.06. The first-order valence-electron chi connectivity index (χ1n) is 8.93. The molecule has 1 aromatic carbocycles. The summed E-state index contributed by atoms with van der Waals surface area (Å²) < 4.78 is 6.37. The van der Waals surface area contributed by atoms with Crippen molar-refractivity contribution >= 4 is 39.3 Å². The molecule has 1 aliphatic carbocycles. The fourth-order valence-corrected chi connectivity index (χ4v) is 5.82. The summed E-state index contributed by atoms with van der Waals surface area (Å²) in [4.78, 5) is 32.0. The zero-order chi connectivity index (χ0) is 19.0. The van der Waals surface area contributed by atoms with E-state index in [4.69, 9.17) is 9.72 Å². The number of methoxy groups -OCH3 is 1. The molecular formula is C20H20N2O3S2. The average Bonchev–Trinajstić information content (AvgIpc) is 3.06. The van der Waals surface area contributed by atoms with Gasteiger partial charge in [-0.05, 0) is 42.9 Å². The Morgan fingerprint density at radius 2 is 2.15 bits per heavy atom. The summed E-state index contributed by atoms with van der Waals surface area (Å²) in [6.07, 6.45) is 3.26. The molecule has 3 aromatic rings. The molecule has 1 atom stereocenters. The fourth-order valence-electron chi connectivity index (χ4n) is 3.60. The van der Waals surface area contributed by atoms with Crippen LogP contribution in [0, 0.1) is 0 Å². The van der Waals surface area contributed by atoms with E-state index in [1.165, 1.54) is 29.3 Å². The molecule has 1 aliphatic rings. The Balaban J connectivity index is 1.95. The smallest absolute Gasteiger partial charge is 0.316 e. The lowest BCUT2D eigenvalue weighted by Crippen LogP contribution is -2.23. The number of carbonyl (C=O) groups excluding carboxylic acids is 1. The molecule has 5 nitrogen and oxygen atoms in total. The predicted octanol–water partition coefficient (Wildman–Crippen LogP) is 4.15. The Bertz CT molecular complexity index is 1060.